The number of nitrogens with one attached hydrogen (secondary N) is 2. The second-order valence-corrected chi connectivity index (χ2v) is 11.1. The molecule has 0 spiro atoms. The van der Waals surface area contributed by atoms with Gasteiger partial charge in [-0.3, -0.25) is 19.2 Å². The highest BCUT2D eigenvalue weighted by Crippen LogP contribution is 2.36. The summed E-state index contributed by atoms with van der Waals surface area (Å²) in [7, 11) is 0. The molecule has 8 nitrogen and oxygen atoms in total. The van der Waals surface area contributed by atoms with E-state index >= 15 is 0 Å². The second kappa shape index (κ2) is 13.5. The summed E-state index contributed by atoms with van der Waals surface area (Å²) in [6, 6.07) is 24.0. The third-order valence-corrected chi connectivity index (χ3v) is 8.51. The number of carboxylic acid groups (broad SMARTS) is 1. The fourth-order valence-electron chi connectivity index (χ4n) is 6.29. The lowest BCUT2D eigenvalue weighted by Crippen LogP contribution is -2.49. The molecular weight excluding hydrogens is 530 g/mol. The Morgan fingerprint density at radius 1 is 0.762 bits per heavy atom. The number of aliphatic carboxylic acids is 1. The fourth-order valence-corrected chi connectivity index (χ4v) is 6.29. The summed E-state index contributed by atoms with van der Waals surface area (Å²) in [4.78, 5) is 54.1. The average Bonchev–Trinajstić information content (AvgIpc) is 3.03. The van der Waals surface area contributed by atoms with E-state index in [9.17, 15) is 24.3 Å². The summed E-state index contributed by atoms with van der Waals surface area (Å²) in [6.07, 6.45) is 4.04. The summed E-state index contributed by atoms with van der Waals surface area (Å²) < 4.78 is 0. The summed E-state index contributed by atoms with van der Waals surface area (Å²) in [5.74, 6) is -3.07. The van der Waals surface area contributed by atoms with Gasteiger partial charge >= 0.3 is 5.97 Å². The molecule has 1 heterocycles. The number of carbonyl (C=O) groups is 4. The van der Waals surface area contributed by atoms with E-state index in [4.69, 9.17) is 0 Å². The number of rotatable bonds is 9. The van der Waals surface area contributed by atoms with Crippen molar-refractivity contribution in [3.05, 3.63) is 107 Å². The minimum absolute atomic E-state index is 0.149. The minimum atomic E-state index is -0.922. The average molecular weight is 568 g/mol. The van der Waals surface area contributed by atoms with Gasteiger partial charge in [0.05, 0.1) is 29.0 Å². The molecule has 1 aliphatic carbocycles. The highest BCUT2D eigenvalue weighted by atomic mass is 16.4. The first-order valence-electron chi connectivity index (χ1n) is 14.7. The molecular formula is C34H37N3O5. The smallest absolute Gasteiger partial charge is 0.307 e. The van der Waals surface area contributed by atoms with Crippen LogP contribution in [0.25, 0.3) is 0 Å². The van der Waals surface area contributed by atoms with E-state index < -0.39 is 29.8 Å². The van der Waals surface area contributed by atoms with E-state index in [2.05, 4.69) is 10.6 Å². The number of nitrogens with zero attached hydrogens (tertiary/aromatic N) is 1. The highest BCUT2D eigenvalue weighted by molar-refractivity contribution is 6.07. The van der Waals surface area contributed by atoms with E-state index in [0.717, 1.165) is 29.5 Å². The molecule has 0 saturated heterocycles. The van der Waals surface area contributed by atoms with Crippen LogP contribution in [0.2, 0.25) is 0 Å². The molecule has 3 amide bonds. The van der Waals surface area contributed by atoms with Gasteiger partial charge in [0.2, 0.25) is 5.91 Å². The maximum Gasteiger partial charge on any atom is 0.307 e. The number of carboxylic acids is 1. The third-order valence-electron chi connectivity index (χ3n) is 8.51. The van der Waals surface area contributed by atoms with Gasteiger partial charge in [0.25, 0.3) is 11.8 Å². The van der Waals surface area contributed by atoms with Crippen molar-refractivity contribution in [1.29, 1.82) is 0 Å². The van der Waals surface area contributed by atoms with Gasteiger partial charge in [0.15, 0.2) is 0 Å². The highest BCUT2D eigenvalue weighted by Gasteiger charge is 2.41. The molecule has 2 unspecified atom stereocenters. The predicted molar refractivity (Wildman–Crippen MR) is 159 cm³/mol. The normalized spacial score (nSPS) is 19.8. The van der Waals surface area contributed by atoms with Crippen molar-refractivity contribution in [2.75, 3.05) is 19.6 Å². The van der Waals surface area contributed by atoms with E-state index in [1.54, 1.807) is 29.2 Å². The van der Waals surface area contributed by atoms with Crippen LogP contribution in [0.5, 0.6) is 0 Å². The molecule has 3 aromatic rings. The predicted octanol–water partition coefficient (Wildman–Crippen LogP) is 4.41. The van der Waals surface area contributed by atoms with Crippen molar-refractivity contribution >= 4 is 23.7 Å². The zero-order valence-electron chi connectivity index (χ0n) is 23.6. The SMILES string of the molecule is O=C(NCCc1ccccc1)c1ccccc1C(=O)NC[C@@H]1c2ccccc2CCN1C(=O)C1CCCCC1C(=O)O. The van der Waals surface area contributed by atoms with E-state index in [1.165, 1.54) is 0 Å². The molecule has 3 atom stereocenters. The Morgan fingerprint density at radius 2 is 1.38 bits per heavy atom. The number of fused-ring (bicyclic) bond motifs is 1. The molecule has 218 valence electrons. The largest absolute Gasteiger partial charge is 0.481 e. The standard InChI is InChI=1S/C34H37N3O5/c38-31(35-20-18-23-10-2-1-3-11-23)26-14-6-7-15-27(26)32(39)36-22-30-25-13-5-4-12-24(25)19-21-37(30)33(40)28-16-8-9-17-29(28)34(41)42/h1-7,10-15,28-30H,8-9,16-22H2,(H,35,38)(H,36,39)(H,41,42)/t28?,29?,30-/m1/s1. The molecule has 3 aromatic carbocycles. The Bertz CT molecular complexity index is 1440. The molecule has 0 radical (unpaired) electrons. The van der Waals surface area contributed by atoms with Crippen molar-refractivity contribution in [3.8, 4) is 0 Å². The molecule has 1 fully saturated rings. The van der Waals surface area contributed by atoms with Crippen molar-refractivity contribution in [1.82, 2.24) is 15.5 Å². The number of carbonyl (C=O) groups excluding carboxylic acids is 3. The molecule has 0 aromatic heterocycles. The van der Waals surface area contributed by atoms with Crippen molar-refractivity contribution in [2.45, 2.75) is 44.6 Å². The molecule has 42 heavy (non-hydrogen) atoms. The van der Waals surface area contributed by atoms with Crippen molar-refractivity contribution in [2.24, 2.45) is 11.8 Å². The summed E-state index contributed by atoms with van der Waals surface area (Å²) in [5.41, 5.74) is 3.71. The Morgan fingerprint density at radius 3 is 2.10 bits per heavy atom. The first kappa shape index (κ1) is 29.0. The monoisotopic (exact) mass is 567 g/mol. The van der Waals surface area contributed by atoms with Crippen LogP contribution in [0.15, 0.2) is 78.9 Å². The maximum absolute atomic E-state index is 13.8. The van der Waals surface area contributed by atoms with Crippen LogP contribution in [0.1, 0.15) is 69.1 Å². The molecule has 8 heteroatoms. The van der Waals surface area contributed by atoms with Gasteiger partial charge in [0.1, 0.15) is 0 Å². The van der Waals surface area contributed by atoms with E-state index in [1.807, 2.05) is 54.6 Å². The van der Waals surface area contributed by atoms with Crippen molar-refractivity contribution < 1.29 is 24.3 Å². The van der Waals surface area contributed by atoms with Crippen LogP contribution in [0, 0.1) is 11.8 Å². The van der Waals surface area contributed by atoms with Gasteiger partial charge in [-0.05, 0) is 54.5 Å². The Hall–Kier alpha value is -4.46. The zero-order valence-corrected chi connectivity index (χ0v) is 23.6. The number of benzene rings is 3. The molecule has 3 N–H and O–H groups in total. The van der Waals surface area contributed by atoms with Gasteiger partial charge in [-0.1, -0.05) is 79.6 Å². The van der Waals surface area contributed by atoms with Gasteiger partial charge < -0.3 is 20.6 Å². The van der Waals surface area contributed by atoms with Crippen LogP contribution in [-0.2, 0) is 22.4 Å². The minimum Gasteiger partial charge on any atom is -0.481 e. The lowest BCUT2D eigenvalue weighted by atomic mass is 9.77. The van der Waals surface area contributed by atoms with Gasteiger partial charge in [-0.25, -0.2) is 0 Å². The second-order valence-electron chi connectivity index (χ2n) is 11.1. The third kappa shape index (κ3) is 6.54. The lowest BCUT2D eigenvalue weighted by molar-refractivity contribution is -0.153. The first-order chi connectivity index (χ1) is 20.4. The number of hydrogen-bond donors (Lipinski definition) is 3. The summed E-state index contributed by atoms with van der Waals surface area (Å²) in [5, 5.41) is 15.7. The Balaban J connectivity index is 1.30. The number of hydrogen-bond acceptors (Lipinski definition) is 4. The van der Waals surface area contributed by atoms with Crippen LogP contribution < -0.4 is 10.6 Å². The molecule has 1 saturated carbocycles. The van der Waals surface area contributed by atoms with Gasteiger partial charge in [0, 0.05) is 19.6 Å². The van der Waals surface area contributed by atoms with Gasteiger partial charge in [-0.15, -0.1) is 0 Å². The maximum atomic E-state index is 13.8. The van der Waals surface area contributed by atoms with Crippen LogP contribution in [-0.4, -0.2) is 53.3 Å². The van der Waals surface area contributed by atoms with Gasteiger partial charge in [-0.2, -0.15) is 0 Å². The summed E-state index contributed by atoms with van der Waals surface area (Å²) in [6.45, 7) is 1.04. The quantitative estimate of drug-likeness (QED) is 0.354. The Kier molecular flexibility index (Phi) is 9.31. The zero-order chi connectivity index (χ0) is 29.5. The molecule has 1 aliphatic heterocycles. The molecule has 0 bridgehead atoms. The van der Waals surface area contributed by atoms with E-state index in [-0.39, 0.29) is 29.5 Å². The molecule has 2 aliphatic rings. The summed E-state index contributed by atoms with van der Waals surface area (Å²) >= 11 is 0. The Labute approximate surface area is 246 Å². The fraction of sp³-hybridized carbons (Fsp3) is 0.353. The lowest BCUT2D eigenvalue weighted by Gasteiger charge is -2.41. The topological polar surface area (TPSA) is 116 Å². The number of amides is 3. The first-order valence-corrected chi connectivity index (χ1v) is 14.7. The van der Waals surface area contributed by atoms with Crippen LogP contribution in [0.3, 0.4) is 0 Å². The molecule has 5 rings (SSSR count). The van der Waals surface area contributed by atoms with Crippen LogP contribution in [0.4, 0.5) is 0 Å². The van der Waals surface area contributed by atoms with E-state index in [0.29, 0.717) is 38.8 Å². The van der Waals surface area contributed by atoms with Crippen molar-refractivity contribution in [3.63, 3.8) is 0 Å². The van der Waals surface area contributed by atoms with Crippen LogP contribution >= 0.6 is 0 Å².